The lowest BCUT2D eigenvalue weighted by molar-refractivity contribution is -0.141. The van der Waals surface area contributed by atoms with Crippen molar-refractivity contribution in [2.45, 2.75) is 12.7 Å². The quantitative estimate of drug-likeness (QED) is 0.706. The molecule has 5 nitrogen and oxygen atoms in total. The Morgan fingerprint density at radius 3 is 2.76 bits per heavy atom. The number of hydrogen-bond acceptors (Lipinski definition) is 4. The molecule has 21 heavy (non-hydrogen) atoms. The van der Waals surface area contributed by atoms with Gasteiger partial charge in [0.15, 0.2) is 0 Å². The van der Waals surface area contributed by atoms with Gasteiger partial charge in [-0.1, -0.05) is 22.0 Å². The van der Waals surface area contributed by atoms with Gasteiger partial charge in [-0.15, -0.1) is 0 Å². The van der Waals surface area contributed by atoms with Gasteiger partial charge in [0.2, 0.25) is 0 Å². The zero-order valence-corrected chi connectivity index (χ0v) is 12.5. The molecule has 3 N–H and O–H groups in total. The molecule has 9 heteroatoms. The molecular weight excluding hydrogens is 353 g/mol. The Morgan fingerprint density at radius 2 is 2.14 bits per heavy atom. The van der Waals surface area contributed by atoms with E-state index < -0.39 is 11.9 Å². The van der Waals surface area contributed by atoms with Crippen LogP contribution in [0.15, 0.2) is 28.7 Å². The van der Waals surface area contributed by atoms with Crippen molar-refractivity contribution in [1.29, 1.82) is 0 Å². The summed E-state index contributed by atoms with van der Waals surface area (Å²) in [6.45, 7) is 0.273. The number of anilines is 2. The van der Waals surface area contributed by atoms with Gasteiger partial charge in [-0.25, -0.2) is 0 Å². The average Bonchev–Trinajstić information content (AvgIpc) is 2.87. The molecule has 0 amide bonds. The third-order valence-electron chi connectivity index (χ3n) is 2.66. The van der Waals surface area contributed by atoms with E-state index in [4.69, 9.17) is 4.84 Å². The first-order chi connectivity index (χ1) is 9.91. The van der Waals surface area contributed by atoms with Crippen molar-refractivity contribution >= 4 is 27.4 Å². The van der Waals surface area contributed by atoms with Crippen LogP contribution in [0.1, 0.15) is 11.3 Å². The fraction of sp³-hybridized carbons (Fsp3) is 0.250. The predicted molar refractivity (Wildman–Crippen MR) is 75.7 cm³/mol. The van der Waals surface area contributed by atoms with Crippen LogP contribution in [0.25, 0.3) is 0 Å². The summed E-state index contributed by atoms with van der Waals surface area (Å²) in [4.78, 5) is 4.86. The Labute approximate surface area is 127 Å². The molecule has 0 radical (unpaired) electrons. The third-order valence-corrected chi connectivity index (χ3v) is 3.40. The molecule has 0 bridgehead atoms. The molecule has 2 rings (SSSR count). The number of halogens is 4. The molecule has 0 aliphatic heterocycles. The van der Waals surface area contributed by atoms with Crippen molar-refractivity contribution in [3.63, 3.8) is 0 Å². The molecule has 1 aromatic carbocycles. The highest BCUT2D eigenvalue weighted by molar-refractivity contribution is 9.10. The largest absolute Gasteiger partial charge is 0.432 e. The number of nitrogens with zero attached hydrogens (tertiary/aromatic N) is 1. The average molecular weight is 365 g/mol. The van der Waals surface area contributed by atoms with Crippen LogP contribution in [0.5, 0.6) is 0 Å². The Kier molecular flexibility index (Phi) is 4.73. The minimum absolute atomic E-state index is 0.112. The van der Waals surface area contributed by atoms with Gasteiger partial charge < -0.3 is 5.32 Å². The standard InChI is InChI=1S/C12H12BrF3N4O/c1-21-20-9-4-2-3-8(13)7(9)6-17-11-5-10(18-19-11)12(14,15)16/h2-5,20H,6H2,1H3,(H2,17,18,19). The lowest BCUT2D eigenvalue weighted by Gasteiger charge is -2.12. The highest BCUT2D eigenvalue weighted by Gasteiger charge is 2.33. The lowest BCUT2D eigenvalue weighted by atomic mass is 10.2. The van der Waals surface area contributed by atoms with Gasteiger partial charge >= 0.3 is 6.18 Å². The zero-order chi connectivity index (χ0) is 15.5. The number of aromatic nitrogens is 2. The summed E-state index contributed by atoms with van der Waals surface area (Å²) in [6, 6.07) is 6.34. The number of aromatic amines is 1. The van der Waals surface area contributed by atoms with Gasteiger partial charge in [0.1, 0.15) is 11.5 Å². The van der Waals surface area contributed by atoms with E-state index in [1.807, 2.05) is 17.2 Å². The van der Waals surface area contributed by atoms with E-state index >= 15 is 0 Å². The van der Waals surface area contributed by atoms with Gasteiger partial charge in [-0.3, -0.25) is 15.4 Å². The smallest absolute Gasteiger partial charge is 0.364 e. The molecule has 1 heterocycles. The van der Waals surface area contributed by atoms with Gasteiger partial charge in [0, 0.05) is 22.6 Å². The number of H-pyrrole nitrogens is 1. The van der Waals surface area contributed by atoms with Crippen LogP contribution < -0.4 is 10.8 Å². The zero-order valence-electron chi connectivity index (χ0n) is 10.9. The highest BCUT2D eigenvalue weighted by atomic mass is 79.9. The van der Waals surface area contributed by atoms with E-state index in [0.717, 1.165) is 16.1 Å². The van der Waals surface area contributed by atoms with Crippen LogP contribution in [0, 0.1) is 0 Å². The van der Waals surface area contributed by atoms with Crippen molar-refractivity contribution in [1.82, 2.24) is 10.2 Å². The number of hydrogen-bond donors (Lipinski definition) is 3. The Hall–Kier alpha value is -1.74. The monoisotopic (exact) mass is 364 g/mol. The highest BCUT2D eigenvalue weighted by Crippen LogP contribution is 2.29. The second-order valence-corrected chi connectivity index (χ2v) is 4.94. The van der Waals surface area contributed by atoms with E-state index in [2.05, 4.69) is 31.8 Å². The van der Waals surface area contributed by atoms with E-state index in [1.54, 1.807) is 6.07 Å². The maximum Gasteiger partial charge on any atom is 0.432 e. The van der Waals surface area contributed by atoms with Crippen molar-refractivity contribution < 1.29 is 18.0 Å². The van der Waals surface area contributed by atoms with Crippen LogP contribution in [-0.2, 0) is 17.6 Å². The van der Waals surface area contributed by atoms with E-state index in [-0.39, 0.29) is 12.4 Å². The summed E-state index contributed by atoms with van der Waals surface area (Å²) in [5.41, 5.74) is 3.31. The molecule has 0 fully saturated rings. The normalized spacial score (nSPS) is 11.5. The summed E-state index contributed by atoms with van der Waals surface area (Å²) in [5.74, 6) is 0.112. The van der Waals surface area contributed by atoms with Crippen LogP contribution in [-0.4, -0.2) is 17.3 Å². The van der Waals surface area contributed by atoms with Crippen LogP contribution in [0.2, 0.25) is 0 Å². The van der Waals surface area contributed by atoms with Crippen molar-refractivity contribution in [2.24, 2.45) is 0 Å². The Bertz CT molecular complexity index is 615. The van der Waals surface area contributed by atoms with Gasteiger partial charge in [0.05, 0.1) is 12.8 Å². The number of benzene rings is 1. The molecule has 1 aromatic heterocycles. The van der Waals surface area contributed by atoms with E-state index in [0.29, 0.717) is 5.69 Å². The topological polar surface area (TPSA) is 62.0 Å². The second-order valence-electron chi connectivity index (χ2n) is 4.09. The molecular formula is C12H12BrF3N4O. The fourth-order valence-corrected chi connectivity index (χ4v) is 2.19. The van der Waals surface area contributed by atoms with Gasteiger partial charge in [-0.2, -0.15) is 18.3 Å². The molecule has 114 valence electrons. The van der Waals surface area contributed by atoms with Crippen molar-refractivity contribution in [2.75, 3.05) is 17.9 Å². The first-order valence-electron chi connectivity index (χ1n) is 5.84. The van der Waals surface area contributed by atoms with Crippen molar-refractivity contribution in [3.8, 4) is 0 Å². The first kappa shape index (κ1) is 15.6. The van der Waals surface area contributed by atoms with E-state index in [9.17, 15) is 13.2 Å². The summed E-state index contributed by atoms with van der Waals surface area (Å²) < 4.78 is 38.2. The first-order valence-corrected chi connectivity index (χ1v) is 6.64. The number of nitrogens with one attached hydrogen (secondary N) is 3. The van der Waals surface area contributed by atoms with E-state index in [1.165, 1.54) is 7.11 Å². The van der Waals surface area contributed by atoms with Crippen LogP contribution in [0.4, 0.5) is 24.7 Å². The lowest BCUT2D eigenvalue weighted by Crippen LogP contribution is -2.06. The molecule has 2 aromatic rings. The Balaban J connectivity index is 2.11. The summed E-state index contributed by atoms with van der Waals surface area (Å²) in [5, 5.41) is 8.35. The second kappa shape index (κ2) is 6.35. The van der Waals surface area contributed by atoms with Gasteiger partial charge in [0.25, 0.3) is 0 Å². The molecule has 0 saturated carbocycles. The maximum absolute atomic E-state index is 12.5. The summed E-state index contributed by atoms with van der Waals surface area (Å²) in [7, 11) is 1.47. The Morgan fingerprint density at radius 1 is 1.38 bits per heavy atom. The summed E-state index contributed by atoms with van der Waals surface area (Å²) in [6.07, 6.45) is -4.44. The van der Waals surface area contributed by atoms with Crippen LogP contribution in [0.3, 0.4) is 0 Å². The molecule has 0 aliphatic carbocycles. The fourth-order valence-electron chi connectivity index (χ4n) is 1.68. The molecule has 0 atom stereocenters. The molecule has 0 spiro atoms. The minimum atomic E-state index is -4.44. The maximum atomic E-state index is 12.5. The molecule has 0 aliphatic rings. The van der Waals surface area contributed by atoms with Gasteiger partial charge in [-0.05, 0) is 12.1 Å². The summed E-state index contributed by atoms with van der Waals surface area (Å²) >= 11 is 3.38. The SMILES string of the molecule is CONc1cccc(Br)c1CNc1cc(C(F)(F)F)[nH]n1. The van der Waals surface area contributed by atoms with Crippen LogP contribution >= 0.6 is 15.9 Å². The van der Waals surface area contributed by atoms with Crippen molar-refractivity contribution in [3.05, 3.63) is 40.0 Å². The third kappa shape index (κ3) is 3.88. The minimum Gasteiger partial charge on any atom is -0.364 e. The predicted octanol–water partition coefficient (Wildman–Crippen LogP) is 3.78. The number of rotatable bonds is 5. The molecule has 0 saturated heterocycles. The molecule has 0 unspecified atom stereocenters. The number of alkyl halides is 3.